The Morgan fingerprint density at radius 3 is 2.74 bits per heavy atom. The van der Waals surface area contributed by atoms with Gasteiger partial charge in [0.05, 0.1) is 6.10 Å². The normalized spacial score (nSPS) is 19.4. The second-order valence-corrected chi connectivity index (χ2v) is 5.37. The van der Waals surface area contributed by atoms with Crippen LogP contribution in [-0.4, -0.2) is 47.7 Å². The van der Waals surface area contributed by atoms with Crippen molar-refractivity contribution in [1.82, 2.24) is 9.88 Å². The summed E-state index contributed by atoms with van der Waals surface area (Å²) in [7, 11) is 2.10. The van der Waals surface area contributed by atoms with Crippen molar-refractivity contribution in [3.8, 4) is 0 Å². The highest BCUT2D eigenvalue weighted by Crippen LogP contribution is 2.27. The van der Waals surface area contributed by atoms with E-state index in [1.165, 1.54) is 12.8 Å². The quantitative estimate of drug-likeness (QED) is 0.902. The molecule has 0 bridgehead atoms. The van der Waals surface area contributed by atoms with Crippen LogP contribution < -0.4 is 4.90 Å². The topological polar surface area (TPSA) is 39.6 Å². The molecule has 0 spiro atoms. The Bertz CT molecular complexity index is 400. The lowest BCUT2D eigenvalue weighted by molar-refractivity contribution is 0.197. The Hall–Kier alpha value is -1.13. The van der Waals surface area contributed by atoms with E-state index in [1.54, 1.807) is 13.1 Å². The zero-order valence-corrected chi connectivity index (χ0v) is 12.2. The van der Waals surface area contributed by atoms with Crippen molar-refractivity contribution in [2.45, 2.75) is 38.8 Å². The van der Waals surface area contributed by atoms with E-state index in [9.17, 15) is 5.11 Å². The van der Waals surface area contributed by atoms with Gasteiger partial charge in [-0.1, -0.05) is 13.0 Å². The van der Waals surface area contributed by atoms with Crippen LogP contribution in [0.3, 0.4) is 0 Å². The Morgan fingerprint density at radius 1 is 1.47 bits per heavy atom. The summed E-state index contributed by atoms with van der Waals surface area (Å²) in [4.78, 5) is 9.20. The first-order valence-electron chi connectivity index (χ1n) is 7.21. The van der Waals surface area contributed by atoms with E-state index < -0.39 is 6.10 Å². The van der Waals surface area contributed by atoms with Gasteiger partial charge in [0.1, 0.15) is 5.82 Å². The number of piperidine rings is 1. The van der Waals surface area contributed by atoms with Crippen molar-refractivity contribution >= 4 is 5.82 Å². The van der Waals surface area contributed by atoms with Gasteiger partial charge in [-0.25, -0.2) is 4.98 Å². The van der Waals surface area contributed by atoms with Crippen LogP contribution in [0.15, 0.2) is 18.3 Å². The predicted octanol–water partition coefficient (Wildman–Crippen LogP) is 2.06. The fourth-order valence-corrected chi connectivity index (χ4v) is 2.83. The van der Waals surface area contributed by atoms with E-state index in [4.69, 9.17) is 0 Å². The lowest BCUT2D eigenvalue weighted by atomic mass is 10.0. The van der Waals surface area contributed by atoms with Crippen molar-refractivity contribution in [3.05, 3.63) is 23.9 Å². The van der Waals surface area contributed by atoms with Crippen LogP contribution in [0.2, 0.25) is 0 Å². The summed E-state index contributed by atoms with van der Waals surface area (Å²) in [6, 6.07) is 4.37. The smallest absolute Gasteiger partial charge is 0.134 e. The van der Waals surface area contributed by atoms with Crippen molar-refractivity contribution in [1.29, 1.82) is 0 Å². The molecule has 1 aromatic rings. The molecule has 1 saturated heterocycles. The van der Waals surface area contributed by atoms with Crippen molar-refractivity contribution in [2.24, 2.45) is 0 Å². The Balaban J connectivity index is 2.10. The zero-order chi connectivity index (χ0) is 13.8. The standard InChI is InChI=1S/C15H25N3O/c1-4-18-10-7-13(8-11-18)17(3)15-14(12(2)19)6-5-9-16-15/h5-6,9,12-13,19H,4,7-8,10-11H2,1-3H3/t12-/m1/s1. The number of hydrogen-bond acceptors (Lipinski definition) is 4. The van der Waals surface area contributed by atoms with Crippen molar-refractivity contribution in [3.63, 3.8) is 0 Å². The molecule has 0 amide bonds. The first-order valence-corrected chi connectivity index (χ1v) is 7.21. The highest BCUT2D eigenvalue weighted by atomic mass is 16.3. The highest BCUT2D eigenvalue weighted by molar-refractivity contribution is 5.48. The maximum atomic E-state index is 9.86. The van der Waals surface area contributed by atoms with E-state index in [2.05, 4.69) is 28.8 Å². The summed E-state index contributed by atoms with van der Waals surface area (Å²) in [6.07, 6.45) is 3.67. The van der Waals surface area contributed by atoms with Crippen LogP contribution in [0.4, 0.5) is 5.82 Å². The summed E-state index contributed by atoms with van der Waals surface area (Å²) in [5.41, 5.74) is 0.919. The molecule has 4 nitrogen and oxygen atoms in total. The summed E-state index contributed by atoms with van der Waals surface area (Å²) >= 11 is 0. The van der Waals surface area contributed by atoms with E-state index in [0.717, 1.165) is 31.0 Å². The minimum Gasteiger partial charge on any atom is -0.389 e. The Morgan fingerprint density at radius 2 is 2.16 bits per heavy atom. The second kappa shape index (κ2) is 6.35. The molecule has 106 valence electrons. The summed E-state index contributed by atoms with van der Waals surface area (Å²) in [6.45, 7) is 7.46. The molecule has 0 aliphatic carbocycles. The van der Waals surface area contributed by atoms with Crippen LogP contribution in [0.25, 0.3) is 0 Å². The van der Waals surface area contributed by atoms with Crippen molar-refractivity contribution < 1.29 is 5.11 Å². The summed E-state index contributed by atoms with van der Waals surface area (Å²) < 4.78 is 0. The summed E-state index contributed by atoms with van der Waals surface area (Å²) in [5, 5.41) is 9.86. The monoisotopic (exact) mass is 263 g/mol. The van der Waals surface area contributed by atoms with Gasteiger partial charge in [-0.3, -0.25) is 0 Å². The highest BCUT2D eigenvalue weighted by Gasteiger charge is 2.24. The third-order valence-corrected chi connectivity index (χ3v) is 4.15. The Labute approximate surface area is 116 Å². The maximum Gasteiger partial charge on any atom is 0.134 e. The van der Waals surface area contributed by atoms with E-state index in [1.807, 2.05) is 12.1 Å². The molecule has 1 atom stereocenters. The van der Waals surface area contributed by atoms with Crippen LogP contribution in [0.5, 0.6) is 0 Å². The minimum atomic E-state index is -0.470. The average Bonchev–Trinajstić information content (AvgIpc) is 2.46. The van der Waals surface area contributed by atoms with Gasteiger partial charge in [0, 0.05) is 37.9 Å². The molecule has 1 aromatic heterocycles. The van der Waals surface area contributed by atoms with E-state index in [0.29, 0.717) is 6.04 Å². The molecule has 19 heavy (non-hydrogen) atoms. The first-order chi connectivity index (χ1) is 9.13. The van der Waals surface area contributed by atoms with E-state index >= 15 is 0 Å². The lowest BCUT2D eigenvalue weighted by Gasteiger charge is -2.37. The fourth-order valence-electron chi connectivity index (χ4n) is 2.83. The van der Waals surface area contributed by atoms with Gasteiger partial charge in [-0.15, -0.1) is 0 Å². The third-order valence-electron chi connectivity index (χ3n) is 4.15. The Kier molecular flexibility index (Phi) is 4.77. The number of anilines is 1. The molecule has 1 N–H and O–H groups in total. The SMILES string of the molecule is CCN1CCC(N(C)c2ncccc2[C@@H](C)O)CC1. The van der Waals surface area contributed by atoms with Crippen molar-refractivity contribution in [2.75, 3.05) is 31.6 Å². The molecule has 1 fully saturated rings. The average molecular weight is 263 g/mol. The van der Waals surface area contributed by atoms with Gasteiger partial charge < -0.3 is 14.9 Å². The van der Waals surface area contributed by atoms with Gasteiger partial charge in [-0.2, -0.15) is 0 Å². The predicted molar refractivity (Wildman–Crippen MR) is 78.4 cm³/mol. The molecule has 0 unspecified atom stereocenters. The molecular formula is C15H25N3O. The maximum absolute atomic E-state index is 9.86. The zero-order valence-electron chi connectivity index (χ0n) is 12.2. The molecular weight excluding hydrogens is 238 g/mol. The number of aromatic nitrogens is 1. The van der Waals surface area contributed by atoms with Gasteiger partial charge in [0.25, 0.3) is 0 Å². The van der Waals surface area contributed by atoms with Gasteiger partial charge >= 0.3 is 0 Å². The number of hydrogen-bond donors (Lipinski definition) is 1. The molecule has 2 rings (SSSR count). The number of aliphatic hydroxyl groups excluding tert-OH is 1. The first kappa shape index (κ1) is 14.3. The number of aliphatic hydroxyl groups is 1. The fraction of sp³-hybridized carbons (Fsp3) is 0.667. The minimum absolute atomic E-state index is 0.470. The molecule has 4 heteroatoms. The van der Waals surface area contributed by atoms with E-state index in [-0.39, 0.29) is 0 Å². The summed E-state index contributed by atoms with van der Waals surface area (Å²) in [5.74, 6) is 0.924. The van der Waals surface area contributed by atoms with Crippen LogP contribution in [-0.2, 0) is 0 Å². The number of pyridine rings is 1. The number of nitrogens with zero attached hydrogens (tertiary/aromatic N) is 3. The van der Waals surface area contributed by atoms with Crippen LogP contribution >= 0.6 is 0 Å². The molecule has 1 aliphatic rings. The molecule has 2 heterocycles. The van der Waals surface area contributed by atoms with Gasteiger partial charge in [0.15, 0.2) is 0 Å². The second-order valence-electron chi connectivity index (χ2n) is 5.37. The molecule has 0 radical (unpaired) electrons. The number of rotatable bonds is 4. The molecule has 1 aliphatic heterocycles. The van der Waals surface area contributed by atoms with Crippen LogP contribution in [0, 0.1) is 0 Å². The number of likely N-dealkylation sites (tertiary alicyclic amines) is 1. The largest absolute Gasteiger partial charge is 0.389 e. The molecule has 0 aromatic carbocycles. The molecule has 0 saturated carbocycles. The van der Waals surface area contributed by atoms with Crippen LogP contribution in [0.1, 0.15) is 38.4 Å². The van der Waals surface area contributed by atoms with Gasteiger partial charge in [-0.05, 0) is 32.4 Å². The third kappa shape index (κ3) is 3.25. The van der Waals surface area contributed by atoms with Gasteiger partial charge in [0.2, 0.25) is 0 Å². The lowest BCUT2D eigenvalue weighted by Crippen LogP contribution is -2.43.